The third kappa shape index (κ3) is 3.14. The van der Waals surface area contributed by atoms with Gasteiger partial charge in [0.1, 0.15) is 17.8 Å². The van der Waals surface area contributed by atoms with Crippen molar-refractivity contribution in [1.82, 2.24) is 15.0 Å². The van der Waals surface area contributed by atoms with Crippen molar-refractivity contribution in [2.45, 2.75) is 48.5 Å². The van der Waals surface area contributed by atoms with Crippen molar-refractivity contribution in [3.05, 3.63) is 51.7 Å². The first-order chi connectivity index (χ1) is 11.8. The van der Waals surface area contributed by atoms with E-state index in [1.54, 1.807) is 6.26 Å². The number of hydrogen-bond donors (Lipinski definition) is 1. The van der Waals surface area contributed by atoms with Crippen molar-refractivity contribution in [1.29, 1.82) is 0 Å². The Labute approximate surface area is 148 Å². The SMILES string of the molecule is Cc1cc(Nc2c(C)c(C)c(C)c(C)c2C)nc(-c2coc(C)n2)n1. The molecule has 3 rings (SSSR count). The number of nitrogens with one attached hydrogen (secondary N) is 1. The molecule has 0 aliphatic heterocycles. The first kappa shape index (κ1) is 17.1. The van der Waals surface area contributed by atoms with E-state index in [9.17, 15) is 0 Å². The van der Waals surface area contributed by atoms with Crippen LogP contribution in [0.1, 0.15) is 39.4 Å². The normalized spacial score (nSPS) is 11.0. The largest absolute Gasteiger partial charge is 0.449 e. The quantitative estimate of drug-likeness (QED) is 0.726. The van der Waals surface area contributed by atoms with Gasteiger partial charge < -0.3 is 9.73 Å². The molecule has 130 valence electrons. The highest BCUT2D eigenvalue weighted by Crippen LogP contribution is 2.32. The molecule has 0 amide bonds. The van der Waals surface area contributed by atoms with Crippen molar-refractivity contribution >= 4 is 11.5 Å². The average Bonchev–Trinajstić information content (AvgIpc) is 3.01. The summed E-state index contributed by atoms with van der Waals surface area (Å²) in [5, 5.41) is 3.50. The Kier molecular flexibility index (Phi) is 4.33. The maximum atomic E-state index is 5.29. The molecule has 0 aliphatic rings. The summed E-state index contributed by atoms with van der Waals surface area (Å²) in [6.45, 7) is 14.6. The minimum atomic E-state index is 0.565. The minimum Gasteiger partial charge on any atom is -0.449 e. The topological polar surface area (TPSA) is 63.8 Å². The first-order valence-electron chi connectivity index (χ1n) is 8.40. The van der Waals surface area contributed by atoms with Crippen LogP contribution in [0.3, 0.4) is 0 Å². The van der Waals surface area contributed by atoms with Gasteiger partial charge in [0.15, 0.2) is 11.7 Å². The molecule has 3 aromatic rings. The van der Waals surface area contributed by atoms with Gasteiger partial charge >= 0.3 is 0 Å². The van der Waals surface area contributed by atoms with Crippen LogP contribution in [0.25, 0.3) is 11.5 Å². The molecule has 5 heteroatoms. The van der Waals surface area contributed by atoms with Gasteiger partial charge in [0.25, 0.3) is 0 Å². The minimum absolute atomic E-state index is 0.565. The van der Waals surface area contributed by atoms with E-state index < -0.39 is 0 Å². The molecule has 0 fully saturated rings. The second-order valence-electron chi connectivity index (χ2n) is 6.59. The zero-order valence-corrected chi connectivity index (χ0v) is 15.9. The number of anilines is 2. The van der Waals surface area contributed by atoms with Crippen molar-refractivity contribution in [2.75, 3.05) is 5.32 Å². The Bertz CT molecular complexity index is 928. The Morgan fingerprint density at radius 3 is 1.92 bits per heavy atom. The molecule has 0 atom stereocenters. The van der Waals surface area contributed by atoms with E-state index in [1.165, 1.54) is 27.8 Å². The number of nitrogens with zero attached hydrogens (tertiary/aromatic N) is 3. The lowest BCUT2D eigenvalue weighted by Crippen LogP contribution is -2.05. The van der Waals surface area contributed by atoms with Crippen molar-refractivity contribution in [3.8, 4) is 11.5 Å². The van der Waals surface area contributed by atoms with Gasteiger partial charge in [0.05, 0.1) is 0 Å². The van der Waals surface area contributed by atoms with Gasteiger partial charge in [0, 0.05) is 24.4 Å². The summed E-state index contributed by atoms with van der Waals surface area (Å²) >= 11 is 0. The zero-order chi connectivity index (χ0) is 18.3. The molecule has 25 heavy (non-hydrogen) atoms. The lowest BCUT2D eigenvalue weighted by Gasteiger charge is -2.19. The maximum Gasteiger partial charge on any atom is 0.191 e. The van der Waals surface area contributed by atoms with Crippen LogP contribution in [-0.2, 0) is 0 Å². The summed E-state index contributed by atoms with van der Waals surface area (Å²) < 4.78 is 5.29. The third-order valence-corrected chi connectivity index (χ3v) is 4.96. The highest BCUT2D eigenvalue weighted by Gasteiger charge is 2.14. The predicted molar refractivity (Wildman–Crippen MR) is 100 cm³/mol. The number of aromatic nitrogens is 3. The Balaban J connectivity index is 2.06. The van der Waals surface area contributed by atoms with E-state index in [-0.39, 0.29) is 0 Å². The van der Waals surface area contributed by atoms with E-state index in [4.69, 9.17) is 4.42 Å². The Morgan fingerprint density at radius 1 is 0.760 bits per heavy atom. The summed E-state index contributed by atoms with van der Waals surface area (Å²) in [5.74, 6) is 1.93. The Hall–Kier alpha value is -2.69. The van der Waals surface area contributed by atoms with E-state index in [0.29, 0.717) is 17.4 Å². The second-order valence-corrected chi connectivity index (χ2v) is 6.59. The number of rotatable bonds is 3. The molecule has 0 radical (unpaired) electrons. The van der Waals surface area contributed by atoms with Gasteiger partial charge in [0.2, 0.25) is 0 Å². The summed E-state index contributed by atoms with van der Waals surface area (Å²) in [7, 11) is 0. The molecule has 5 nitrogen and oxygen atoms in total. The van der Waals surface area contributed by atoms with Crippen LogP contribution in [0.15, 0.2) is 16.7 Å². The number of benzene rings is 1. The maximum absolute atomic E-state index is 5.29. The van der Waals surface area contributed by atoms with Crippen LogP contribution in [-0.4, -0.2) is 15.0 Å². The third-order valence-electron chi connectivity index (χ3n) is 4.96. The lowest BCUT2D eigenvalue weighted by molar-refractivity contribution is 0.521. The highest BCUT2D eigenvalue weighted by molar-refractivity contribution is 5.70. The fourth-order valence-corrected chi connectivity index (χ4v) is 3.03. The molecule has 1 aromatic carbocycles. The fraction of sp³-hybridized carbons (Fsp3) is 0.350. The summed E-state index contributed by atoms with van der Waals surface area (Å²) in [6, 6.07) is 1.94. The lowest BCUT2D eigenvalue weighted by atomic mass is 9.93. The standard InChI is InChI=1S/C20H24N4O/c1-10-8-18(24-20(21-10)17-9-25-16(7)22-17)23-19-14(5)12(3)11(2)13(4)15(19)6/h8-9H,1-7H3,(H,21,23,24). The van der Waals surface area contributed by atoms with E-state index in [1.807, 2.05) is 19.9 Å². The molecule has 0 spiro atoms. The highest BCUT2D eigenvalue weighted by atomic mass is 16.3. The Morgan fingerprint density at radius 2 is 1.36 bits per heavy atom. The zero-order valence-electron chi connectivity index (χ0n) is 15.9. The smallest absolute Gasteiger partial charge is 0.191 e. The molecule has 0 saturated carbocycles. The van der Waals surface area contributed by atoms with Crippen LogP contribution in [0.5, 0.6) is 0 Å². The van der Waals surface area contributed by atoms with E-state index >= 15 is 0 Å². The molecule has 0 saturated heterocycles. The number of oxazole rings is 1. The molecule has 2 heterocycles. The van der Waals surface area contributed by atoms with E-state index in [0.717, 1.165) is 17.2 Å². The van der Waals surface area contributed by atoms with Gasteiger partial charge in [-0.2, -0.15) is 0 Å². The molecule has 2 aromatic heterocycles. The average molecular weight is 336 g/mol. The van der Waals surface area contributed by atoms with Crippen LogP contribution < -0.4 is 5.32 Å². The monoisotopic (exact) mass is 336 g/mol. The van der Waals surface area contributed by atoms with Gasteiger partial charge in [-0.25, -0.2) is 15.0 Å². The van der Waals surface area contributed by atoms with Gasteiger partial charge in [-0.05, 0) is 69.4 Å². The molecule has 0 bridgehead atoms. The van der Waals surface area contributed by atoms with Crippen molar-refractivity contribution < 1.29 is 4.42 Å². The summed E-state index contributed by atoms with van der Waals surface area (Å²) in [6.07, 6.45) is 1.59. The number of hydrogen-bond acceptors (Lipinski definition) is 5. The van der Waals surface area contributed by atoms with Crippen LogP contribution in [0, 0.1) is 48.5 Å². The molecule has 1 N–H and O–H groups in total. The molecule has 0 unspecified atom stereocenters. The fourth-order valence-electron chi connectivity index (χ4n) is 3.03. The summed E-state index contributed by atoms with van der Waals surface area (Å²) in [4.78, 5) is 13.4. The van der Waals surface area contributed by atoms with Gasteiger partial charge in [-0.3, -0.25) is 0 Å². The van der Waals surface area contributed by atoms with Crippen LogP contribution >= 0.6 is 0 Å². The molecular weight excluding hydrogens is 312 g/mol. The first-order valence-corrected chi connectivity index (χ1v) is 8.40. The molecule has 0 aliphatic carbocycles. The van der Waals surface area contributed by atoms with Crippen LogP contribution in [0.4, 0.5) is 11.5 Å². The number of aryl methyl sites for hydroxylation is 2. The van der Waals surface area contributed by atoms with Crippen molar-refractivity contribution in [2.24, 2.45) is 0 Å². The van der Waals surface area contributed by atoms with Gasteiger partial charge in [-0.15, -0.1) is 0 Å². The second kappa shape index (κ2) is 6.31. The molecular formula is C20H24N4O. The van der Waals surface area contributed by atoms with Crippen molar-refractivity contribution in [3.63, 3.8) is 0 Å². The predicted octanol–water partition coefficient (Wildman–Crippen LogP) is 5.03. The summed E-state index contributed by atoms with van der Waals surface area (Å²) in [5.41, 5.74) is 9.09. The van der Waals surface area contributed by atoms with Crippen LogP contribution in [0.2, 0.25) is 0 Å². The van der Waals surface area contributed by atoms with E-state index in [2.05, 4.69) is 54.9 Å². The van der Waals surface area contributed by atoms with Gasteiger partial charge in [-0.1, -0.05) is 0 Å².